The molecule has 0 atom stereocenters. The number of nitrogens with zero attached hydrogens (tertiary/aromatic N) is 2. The van der Waals surface area contributed by atoms with E-state index in [9.17, 15) is 0 Å². The van der Waals surface area contributed by atoms with E-state index in [2.05, 4.69) is 67.3 Å². The smallest absolute Gasteiger partial charge is 0.0934 e. The summed E-state index contributed by atoms with van der Waals surface area (Å²) in [5, 5.41) is 1.14. The minimum Gasteiger partial charge on any atom is -0.301 e. The van der Waals surface area contributed by atoms with Crippen molar-refractivity contribution in [3.05, 3.63) is 87.2 Å². The molecular weight excluding hydrogens is 404 g/mol. The molecule has 0 aliphatic carbocycles. The third-order valence-corrected chi connectivity index (χ3v) is 6.56. The van der Waals surface area contributed by atoms with Crippen LogP contribution in [0.15, 0.2) is 61.7 Å². The van der Waals surface area contributed by atoms with Crippen molar-refractivity contribution in [1.29, 1.82) is 0 Å². The average molecular weight is 431 g/mol. The normalized spacial score (nSPS) is 12.7. The first-order chi connectivity index (χ1) is 13.4. The van der Waals surface area contributed by atoms with E-state index in [4.69, 9.17) is 11.6 Å². The first-order valence-electron chi connectivity index (χ1n) is 9.13. The first kappa shape index (κ1) is 22.6. The van der Waals surface area contributed by atoms with Crippen molar-refractivity contribution < 1.29 is 0 Å². The van der Waals surface area contributed by atoms with Crippen LogP contribution in [0.25, 0.3) is 10.4 Å². The molecule has 3 heterocycles. The quantitative estimate of drug-likeness (QED) is 0.400. The van der Waals surface area contributed by atoms with Gasteiger partial charge in [-0.25, -0.2) is 4.98 Å². The molecule has 0 fully saturated rings. The number of benzene rings is 1. The van der Waals surface area contributed by atoms with Gasteiger partial charge in [0.1, 0.15) is 0 Å². The number of hydrogen-bond acceptors (Lipinski definition) is 4. The lowest BCUT2D eigenvalue weighted by Crippen LogP contribution is -2.24. The summed E-state index contributed by atoms with van der Waals surface area (Å²) >= 11 is 9.37. The molecule has 0 saturated heterocycles. The molecule has 4 rings (SSSR count). The zero-order chi connectivity index (χ0) is 20.5. The van der Waals surface area contributed by atoms with Crippen molar-refractivity contribution in [2.24, 2.45) is 0 Å². The van der Waals surface area contributed by atoms with Gasteiger partial charge in [-0.1, -0.05) is 67.2 Å². The highest BCUT2D eigenvalue weighted by Gasteiger charge is 2.15. The van der Waals surface area contributed by atoms with Gasteiger partial charge in [0, 0.05) is 18.0 Å². The van der Waals surface area contributed by atoms with Crippen molar-refractivity contribution in [3.63, 3.8) is 0 Å². The Balaban J connectivity index is 0.000000171. The minimum atomic E-state index is 0.935. The van der Waals surface area contributed by atoms with Gasteiger partial charge in [-0.05, 0) is 44.5 Å². The van der Waals surface area contributed by atoms with Gasteiger partial charge in [-0.15, -0.1) is 22.7 Å². The Bertz CT molecular complexity index is 891. The maximum atomic E-state index is 5.90. The highest BCUT2D eigenvalue weighted by Crippen LogP contribution is 2.30. The molecule has 1 aliphatic heterocycles. The highest BCUT2D eigenvalue weighted by atomic mass is 35.5. The van der Waals surface area contributed by atoms with E-state index in [1.807, 2.05) is 13.0 Å². The second-order valence-electron chi connectivity index (χ2n) is 6.47. The fourth-order valence-corrected chi connectivity index (χ4v) is 5.15. The average Bonchev–Trinajstić information content (AvgIpc) is 3.23. The fraction of sp³-hybridized carbons (Fsp3) is 0.261. The van der Waals surface area contributed by atoms with Gasteiger partial charge < -0.3 is 4.90 Å². The molecule has 0 unspecified atom stereocenters. The fourth-order valence-electron chi connectivity index (χ4n) is 2.80. The standard InChI is InChI=1S/C11H11NS.C8H10ClNS.C4H6/c1-8-11(13-9(2)12-8)10-6-4-3-5-7-10;1-10-3-2-6-4-8(9)11-7(6)5-10;1-3-4-2/h3-7H,1-2H3;4H,2-3,5H2,1H3;3-4H,1-2H2. The second-order valence-corrected chi connectivity index (χ2v) is 9.44. The molecule has 1 aliphatic rings. The van der Waals surface area contributed by atoms with E-state index in [1.165, 1.54) is 27.4 Å². The lowest BCUT2D eigenvalue weighted by molar-refractivity contribution is 0.317. The van der Waals surface area contributed by atoms with Crippen LogP contribution in [-0.2, 0) is 13.0 Å². The summed E-state index contributed by atoms with van der Waals surface area (Å²) in [6.07, 6.45) is 4.44. The van der Waals surface area contributed by atoms with Crippen LogP contribution in [0.5, 0.6) is 0 Å². The predicted molar refractivity (Wildman–Crippen MR) is 127 cm³/mol. The third kappa shape index (κ3) is 6.71. The molecule has 2 aromatic heterocycles. The molecule has 0 saturated carbocycles. The Morgan fingerprint density at radius 3 is 2.36 bits per heavy atom. The van der Waals surface area contributed by atoms with E-state index >= 15 is 0 Å². The Labute approximate surface area is 181 Å². The maximum Gasteiger partial charge on any atom is 0.0934 e. The molecule has 0 amide bonds. The van der Waals surface area contributed by atoms with Gasteiger partial charge in [0.05, 0.1) is 19.9 Å². The van der Waals surface area contributed by atoms with Gasteiger partial charge in [0.15, 0.2) is 0 Å². The van der Waals surface area contributed by atoms with Gasteiger partial charge in [-0.3, -0.25) is 0 Å². The molecule has 3 aromatic rings. The van der Waals surface area contributed by atoms with Crippen LogP contribution in [-0.4, -0.2) is 23.5 Å². The van der Waals surface area contributed by atoms with Gasteiger partial charge in [0.2, 0.25) is 0 Å². The van der Waals surface area contributed by atoms with Crippen LogP contribution in [0, 0.1) is 13.8 Å². The number of aryl methyl sites for hydroxylation is 2. The Morgan fingerprint density at radius 2 is 1.79 bits per heavy atom. The molecule has 1 aromatic carbocycles. The van der Waals surface area contributed by atoms with Crippen molar-refractivity contribution in [2.45, 2.75) is 26.8 Å². The number of thiazole rings is 1. The topological polar surface area (TPSA) is 16.1 Å². The molecule has 5 heteroatoms. The number of aromatic nitrogens is 1. The summed E-state index contributed by atoms with van der Waals surface area (Å²) < 4.78 is 0.935. The maximum absolute atomic E-state index is 5.90. The van der Waals surface area contributed by atoms with Crippen LogP contribution in [0.2, 0.25) is 4.34 Å². The molecule has 2 nitrogen and oxygen atoms in total. The van der Waals surface area contributed by atoms with Gasteiger partial charge >= 0.3 is 0 Å². The summed E-state index contributed by atoms with van der Waals surface area (Å²) in [6, 6.07) is 12.5. The number of hydrogen-bond donors (Lipinski definition) is 0. The Kier molecular flexibility index (Phi) is 9.13. The lowest BCUT2D eigenvalue weighted by atomic mass is 10.1. The minimum absolute atomic E-state index is 0.935. The van der Waals surface area contributed by atoms with E-state index in [0.29, 0.717) is 0 Å². The number of rotatable bonds is 2. The van der Waals surface area contributed by atoms with Crippen molar-refractivity contribution in [2.75, 3.05) is 13.6 Å². The van der Waals surface area contributed by atoms with E-state index in [-0.39, 0.29) is 0 Å². The third-order valence-electron chi connectivity index (χ3n) is 4.15. The largest absolute Gasteiger partial charge is 0.301 e. The molecule has 0 N–H and O–H groups in total. The molecule has 0 spiro atoms. The second kappa shape index (κ2) is 11.3. The summed E-state index contributed by atoms with van der Waals surface area (Å²) in [6.45, 7) is 13.1. The predicted octanol–water partition coefficient (Wildman–Crippen LogP) is 7.17. The Morgan fingerprint density at radius 1 is 1.11 bits per heavy atom. The van der Waals surface area contributed by atoms with Crippen LogP contribution in [0.1, 0.15) is 21.1 Å². The number of fused-ring (bicyclic) bond motifs is 1. The number of thiophene rings is 1. The molecule has 28 heavy (non-hydrogen) atoms. The van der Waals surface area contributed by atoms with Crippen molar-refractivity contribution in [3.8, 4) is 10.4 Å². The summed E-state index contributed by atoms with van der Waals surface area (Å²) in [7, 11) is 2.15. The summed E-state index contributed by atoms with van der Waals surface area (Å²) in [4.78, 5) is 9.47. The number of likely N-dealkylation sites (N-methyl/N-ethyl adjacent to an activating group) is 1. The van der Waals surface area contributed by atoms with Crippen LogP contribution in [0.4, 0.5) is 0 Å². The zero-order valence-corrected chi connectivity index (χ0v) is 19.1. The van der Waals surface area contributed by atoms with Crippen molar-refractivity contribution in [1.82, 2.24) is 9.88 Å². The SMILES string of the molecule is C=CC=C.CN1CCc2cc(Cl)sc2C1.Cc1nc(C)c(-c2ccccc2)s1. The van der Waals surface area contributed by atoms with E-state index in [0.717, 1.165) is 28.0 Å². The number of allylic oxidation sites excluding steroid dienone is 2. The van der Waals surface area contributed by atoms with Crippen LogP contribution in [0.3, 0.4) is 0 Å². The summed E-state index contributed by atoms with van der Waals surface area (Å²) in [5.41, 5.74) is 3.86. The summed E-state index contributed by atoms with van der Waals surface area (Å²) in [5.74, 6) is 0. The number of halogens is 1. The Hall–Kier alpha value is -1.72. The first-order valence-corrected chi connectivity index (χ1v) is 11.1. The van der Waals surface area contributed by atoms with Crippen LogP contribution < -0.4 is 0 Å². The molecule has 0 bridgehead atoms. The molecular formula is C23H27ClN2S2. The van der Waals surface area contributed by atoms with Gasteiger partial charge in [-0.2, -0.15) is 0 Å². The van der Waals surface area contributed by atoms with Crippen molar-refractivity contribution >= 4 is 34.3 Å². The zero-order valence-electron chi connectivity index (χ0n) is 16.7. The van der Waals surface area contributed by atoms with E-state index < -0.39 is 0 Å². The molecule has 0 radical (unpaired) electrons. The lowest BCUT2D eigenvalue weighted by Gasteiger charge is -2.21. The van der Waals surface area contributed by atoms with E-state index in [1.54, 1.807) is 34.8 Å². The van der Waals surface area contributed by atoms with Gasteiger partial charge in [0.25, 0.3) is 0 Å². The van der Waals surface area contributed by atoms with Crippen LogP contribution >= 0.6 is 34.3 Å². The molecule has 148 valence electrons. The monoisotopic (exact) mass is 430 g/mol. The highest BCUT2D eigenvalue weighted by molar-refractivity contribution is 7.16.